The molecule has 2 aliphatic rings. The molecule has 0 aromatic carbocycles. The van der Waals surface area contributed by atoms with Gasteiger partial charge in [0, 0.05) is 24.7 Å². The Morgan fingerprint density at radius 3 is 2.59 bits per heavy atom. The first-order chi connectivity index (χ1) is 12.9. The third kappa shape index (κ3) is 7.04. The number of esters is 1. The fourth-order valence-corrected chi connectivity index (χ4v) is 4.54. The Balaban J connectivity index is 1.75. The van der Waals surface area contributed by atoms with Crippen LogP contribution in [0.2, 0.25) is 0 Å². The predicted octanol–water partition coefficient (Wildman–Crippen LogP) is 3.71. The van der Waals surface area contributed by atoms with Crippen LogP contribution in [0.5, 0.6) is 0 Å². The maximum absolute atomic E-state index is 12.3. The van der Waals surface area contributed by atoms with Crippen LogP contribution in [-0.2, 0) is 14.3 Å². The van der Waals surface area contributed by atoms with Crippen molar-refractivity contribution < 1.29 is 24.5 Å². The second-order valence-corrected chi connectivity index (χ2v) is 8.37. The molecule has 0 radical (unpaired) electrons. The summed E-state index contributed by atoms with van der Waals surface area (Å²) in [6, 6.07) is 0. The van der Waals surface area contributed by atoms with E-state index >= 15 is 0 Å². The number of Topliss-reactive ketones (excluding diaryl/α,β-unsaturated/α-hetero) is 1. The highest BCUT2D eigenvalue weighted by molar-refractivity contribution is 5.84. The van der Waals surface area contributed by atoms with E-state index in [1.165, 1.54) is 13.5 Å². The van der Waals surface area contributed by atoms with Crippen molar-refractivity contribution in [3.05, 3.63) is 12.2 Å². The molecule has 5 nitrogen and oxygen atoms in total. The molecule has 0 aromatic rings. The van der Waals surface area contributed by atoms with E-state index in [0.29, 0.717) is 12.8 Å². The number of methoxy groups -OCH3 is 1. The second kappa shape index (κ2) is 11.0. The van der Waals surface area contributed by atoms with Gasteiger partial charge in [-0.2, -0.15) is 0 Å². The zero-order valence-corrected chi connectivity index (χ0v) is 16.7. The van der Waals surface area contributed by atoms with E-state index in [1.807, 2.05) is 12.2 Å². The summed E-state index contributed by atoms with van der Waals surface area (Å²) in [7, 11) is 1.40. The van der Waals surface area contributed by atoms with Crippen molar-refractivity contribution in [2.45, 2.75) is 95.2 Å². The summed E-state index contributed by atoms with van der Waals surface area (Å²) in [4.78, 5) is 23.4. The zero-order valence-electron chi connectivity index (χ0n) is 16.7. The van der Waals surface area contributed by atoms with Crippen LogP contribution >= 0.6 is 0 Å². The maximum Gasteiger partial charge on any atom is 0.305 e. The van der Waals surface area contributed by atoms with Crippen LogP contribution in [-0.4, -0.2) is 40.8 Å². The highest BCUT2D eigenvalue weighted by Crippen LogP contribution is 2.36. The Kier molecular flexibility index (Phi) is 8.97. The van der Waals surface area contributed by atoms with E-state index in [0.717, 1.165) is 57.8 Å². The number of hydrogen-bond donors (Lipinski definition) is 2. The Bertz CT molecular complexity index is 507. The lowest BCUT2D eigenvalue weighted by atomic mass is 9.81. The minimum Gasteiger partial charge on any atom is -0.469 e. The second-order valence-electron chi connectivity index (χ2n) is 8.37. The van der Waals surface area contributed by atoms with Crippen molar-refractivity contribution >= 4 is 11.8 Å². The van der Waals surface area contributed by atoms with Crippen molar-refractivity contribution in [3.63, 3.8) is 0 Å². The fourth-order valence-electron chi connectivity index (χ4n) is 4.54. The van der Waals surface area contributed by atoms with E-state index in [4.69, 9.17) is 0 Å². The molecule has 0 spiro atoms. The highest BCUT2D eigenvalue weighted by atomic mass is 16.5. The third-order valence-corrected chi connectivity index (χ3v) is 6.25. The van der Waals surface area contributed by atoms with E-state index in [1.54, 1.807) is 0 Å². The summed E-state index contributed by atoms with van der Waals surface area (Å²) in [6.07, 6.45) is 14.2. The fraction of sp³-hybridized carbons (Fsp3) is 0.818. The topological polar surface area (TPSA) is 83.8 Å². The molecular weight excluding hydrogens is 344 g/mol. The number of ketones is 1. The smallest absolute Gasteiger partial charge is 0.305 e. The monoisotopic (exact) mass is 380 g/mol. The molecule has 2 aliphatic carbocycles. The molecule has 2 rings (SSSR count). The molecule has 0 aromatic heterocycles. The Morgan fingerprint density at radius 1 is 1.19 bits per heavy atom. The van der Waals surface area contributed by atoms with Gasteiger partial charge in [-0.05, 0) is 32.1 Å². The third-order valence-electron chi connectivity index (χ3n) is 6.25. The predicted molar refractivity (Wildman–Crippen MR) is 104 cm³/mol. The van der Waals surface area contributed by atoms with Gasteiger partial charge in [0.05, 0.1) is 18.8 Å². The number of unbranched alkanes of at least 4 members (excludes halogenated alkanes) is 3. The molecule has 154 valence electrons. The van der Waals surface area contributed by atoms with Crippen LogP contribution in [0.25, 0.3) is 0 Å². The number of aliphatic hydroxyl groups excluding tert-OH is 1. The van der Waals surface area contributed by atoms with Gasteiger partial charge < -0.3 is 14.9 Å². The Morgan fingerprint density at radius 2 is 1.89 bits per heavy atom. The number of aliphatic hydroxyl groups is 2. The van der Waals surface area contributed by atoms with Crippen LogP contribution in [0.1, 0.15) is 83.5 Å². The van der Waals surface area contributed by atoms with E-state index in [-0.39, 0.29) is 30.0 Å². The average molecular weight is 381 g/mol. The molecule has 0 saturated heterocycles. The Labute approximate surface area is 163 Å². The summed E-state index contributed by atoms with van der Waals surface area (Å²) in [5.41, 5.74) is -0.600. The van der Waals surface area contributed by atoms with Gasteiger partial charge in [0.2, 0.25) is 0 Å². The first-order valence-corrected chi connectivity index (χ1v) is 10.6. The van der Waals surface area contributed by atoms with Crippen LogP contribution in [0.3, 0.4) is 0 Å². The molecule has 0 bridgehead atoms. The lowest BCUT2D eigenvalue weighted by molar-refractivity contribution is -0.140. The number of hydrogen-bond acceptors (Lipinski definition) is 5. The molecule has 3 atom stereocenters. The Hall–Kier alpha value is -1.20. The van der Waals surface area contributed by atoms with Gasteiger partial charge in [0.15, 0.2) is 0 Å². The molecule has 2 fully saturated rings. The molecule has 2 N–H and O–H groups in total. The van der Waals surface area contributed by atoms with Gasteiger partial charge in [0.1, 0.15) is 5.78 Å². The van der Waals surface area contributed by atoms with Crippen LogP contribution in [0.15, 0.2) is 12.2 Å². The van der Waals surface area contributed by atoms with E-state index in [9.17, 15) is 19.8 Å². The quantitative estimate of drug-likeness (QED) is 0.343. The lowest BCUT2D eigenvalue weighted by Crippen LogP contribution is -2.30. The lowest BCUT2D eigenvalue weighted by Gasteiger charge is -2.31. The molecule has 0 unspecified atom stereocenters. The van der Waals surface area contributed by atoms with Crippen molar-refractivity contribution in [3.8, 4) is 0 Å². The number of ether oxygens (including phenoxy) is 1. The molecule has 0 heterocycles. The zero-order chi connectivity index (χ0) is 19.7. The number of carbonyl (C=O) groups excluding carboxylic acids is 2. The van der Waals surface area contributed by atoms with Gasteiger partial charge in [-0.1, -0.05) is 50.7 Å². The minimum absolute atomic E-state index is 0.113. The molecule has 5 heteroatoms. The summed E-state index contributed by atoms with van der Waals surface area (Å²) >= 11 is 0. The van der Waals surface area contributed by atoms with Gasteiger partial charge in [0.25, 0.3) is 0 Å². The summed E-state index contributed by atoms with van der Waals surface area (Å²) in [5.74, 6) is -0.255. The van der Waals surface area contributed by atoms with Crippen molar-refractivity contribution in [1.29, 1.82) is 0 Å². The van der Waals surface area contributed by atoms with Crippen LogP contribution in [0, 0.1) is 11.8 Å². The molecular formula is C22H36O5. The summed E-state index contributed by atoms with van der Waals surface area (Å²) in [5, 5.41) is 20.9. The van der Waals surface area contributed by atoms with Crippen molar-refractivity contribution in [1.82, 2.24) is 0 Å². The van der Waals surface area contributed by atoms with Gasteiger partial charge in [-0.3, -0.25) is 9.59 Å². The van der Waals surface area contributed by atoms with Gasteiger partial charge >= 0.3 is 5.97 Å². The molecule has 0 aliphatic heterocycles. The normalized spacial score (nSPS) is 28.0. The standard InChI is InChI=1S/C22H36O5/c1-27-21(25)12-6-3-2-5-10-17-18(20(24)16-19(17)23)11-9-15-22(26)13-7-4-8-14-22/h9,11,17-18,20,24,26H,2-8,10,12-16H2,1H3/t17-,18-,20-/m1/s1. The summed E-state index contributed by atoms with van der Waals surface area (Å²) in [6.45, 7) is 0. The largest absolute Gasteiger partial charge is 0.469 e. The molecule has 0 amide bonds. The summed E-state index contributed by atoms with van der Waals surface area (Å²) < 4.78 is 4.63. The maximum atomic E-state index is 12.3. The highest BCUT2D eigenvalue weighted by Gasteiger charge is 2.39. The number of rotatable bonds is 10. The molecule has 2 saturated carbocycles. The minimum atomic E-state index is -0.600. The van der Waals surface area contributed by atoms with Gasteiger partial charge in [-0.15, -0.1) is 0 Å². The first kappa shape index (κ1) is 22.1. The van der Waals surface area contributed by atoms with E-state index in [2.05, 4.69) is 4.74 Å². The number of carbonyl (C=O) groups is 2. The molecule has 27 heavy (non-hydrogen) atoms. The SMILES string of the molecule is COC(=O)CCCCCC[C@H]1C(=O)C[C@@H](O)[C@@H]1C=CCC1(O)CCCCC1. The van der Waals surface area contributed by atoms with Crippen LogP contribution < -0.4 is 0 Å². The van der Waals surface area contributed by atoms with Crippen LogP contribution in [0.4, 0.5) is 0 Å². The average Bonchev–Trinajstić information content (AvgIpc) is 2.91. The van der Waals surface area contributed by atoms with E-state index < -0.39 is 11.7 Å². The van der Waals surface area contributed by atoms with Gasteiger partial charge in [-0.25, -0.2) is 0 Å². The van der Waals surface area contributed by atoms with Crippen molar-refractivity contribution in [2.75, 3.05) is 7.11 Å². The van der Waals surface area contributed by atoms with Crippen molar-refractivity contribution in [2.24, 2.45) is 11.8 Å². The first-order valence-electron chi connectivity index (χ1n) is 10.6.